The van der Waals surface area contributed by atoms with Crippen LogP contribution in [-0.2, 0) is 12.8 Å². The van der Waals surface area contributed by atoms with Crippen molar-refractivity contribution in [3.8, 4) is 0 Å². The molecule has 0 fully saturated rings. The largest absolute Gasteiger partial charge is 0.247 e. The van der Waals surface area contributed by atoms with Crippen molar-refractivity contribution in [3.63, 3.8) is 0 Å². The van der Waals surface area contributed by atoms with Crippen LogP contribution in [0.2, 0.25) is 0 Å². The fourth-order valence-corrected chi connectivity index (χ4v) is 2.42. The number of nitrogens with zero attached hydrogens (tertiary/aromatic N) is 3. The van der Waals surface area contributed by atoms with Crippen LogP contribution in [0.5, 0.6) is 0 Å². The molecule has 0 bridgehead atoms. The number of hydrogen-bond donors (Lipinski definition) is 0. The highest BCUT2D eigenvalue weighted by molar-refractivity contribution is 5.15. The minimum Gasteiger partial charge on any atom is -0.247 e. The molecule has 1 aromatic heterocycles. The predicted octanol–water partition coefficient (Wildman–Crippen LogP) is 2.62. The van der Waals surface area contributed by atoms with Gasteiger partial charge in [-0.25, -0.2) is 4.68 Å². The summed E-state index contributed by atoms with van der Waals surface area (Å²) in [5.74, 6) is 1.57. The molecule has 0 spiro atoms. The van der Waals surface area contributed by atoms with E-state index in [9.17, 15) is 0 Å². The molecule has 0 saturated carbocycles. The fraction of sp³-hybridized carbons (Fsp3) is 0.833. The molecule has 0 radical (unpaired) electrons. The fourth-order valence-electron chi connectivity index (χ4n) is 2.42. The predicted molar refractivity (Wildman–Crippen MR) is 60.8 cm³/mol. The highest BCUT2D eigenvalue weighted by Gasteiger charge is 2.26. The molecule has 0 N–H and O–H groups in total. The van der Waals surface area contributed by atoms with Crippen LogP contribution in [0.15, 0.2) is 0 Å². The van der Waals surface area contributed by atoms with Gasteiger partial charge in [-0.05, 0) is 44.9 Å². The van der Waals surface area contributed by atoms with Crippen LogP contribution in [0.25, 0.3) is 0 Å². The van der Waals surface area contributed by atoms with Gasteiger partial charge in [-0.2, -0.15) is 0 Å². The lowest BCUT2D eigenvalue weighted by Crippen LogP contribution is -2.21. The van der Waals surface area contributed by atoms with Crippen molar-refractivity contribution in [2.45, 2.75) is 53.0 Å². The Morgan fingerprint density at radius 1 is 1.27 bits per heavy atom. The van der Waals surface area contributed by atoms with Crippen molar-refractivity contribution >= 4 is 0 Å². The summed E-state index contributed by atoms with van der Waals surface area (Å²) in [6.45, 7) is 8.96. The zero-order valence-electron chi connectivity index (χ0n) is 10.2. The summed E-state index contributed by atoms with van der Waals surface area (Å²) in [5.41, 5.74) is 2.62. The summed E-state index contributed by atoms with van der Waals surface area (Å²) < 4.78 is 2.09. The summed E-state index contributed by atoms with van der Waals surface area (Å²) in [5, 5.41) is 8.58. The molecule has 0 aromatic carbocycles. The van der Waals surface area contributed by atoms with Crippen molar-refractivity contribution in [2.75, 3.05) is 0 Å². The maximum atomic E-state index is 4.32. The van der Waals surface area contributed by atoms with Crippen LogP contribution < -0.4 is 0 Å². The lowest BCUT2D eigenvalue weighted by molar-refractivity contribution is 0.333. The zero-order valence-corrected chi connectivity index (χ0v) is 10.2. The molecule has 1 aromatic rings. The lowest BCUT2D eigenvalue weighted by atomic mass is 9.82. The van der Waals surface area contributed by atoms with Gasteiger partial charge in [-0.15, -0.1) is 5.10 Å². The van der Waals surface area contributed by atoms with Gasteiger partial charge in [0.15, 0.2) is 0 Å². The molecule has 1 aliphatic rings. The van der Waals surface area contributed by atoms with Crippen molar-refractivity contribution < 1.29 is 0 Å². The van der Waals surface area contributed by atoms with Crippen molar-refractivity contribution in [3.05, 3.63) is 11.4 Å². The van der Waals surface area contributed by atoms with E-state index in [1.54, 1.807) is 0 Å². The molecule has 1 aliphatic carbocycles. The third kappa shape index (κ3) is 1.92. The number of hydrogen-bond acceptors (Lipinski definition) is 2. The Balaban J connectivity index is 2.22. The van der Waals surface area contributed by atoms with E-state index >= 15 is 0 Å². The summed E-state index contributed by atoms with van der Waals surface area (Å²) in [6, 6.07) is 0.442. The Bertz CT molecular complexity index is 339. The minimum atomic E-state index is 0.442. The Hall–Kier alpha value is -0.860. The van der Waals surface area contributed by atoms with Gasteiger partial charge in [0.1, 0.15) is 0 Å². The van der Waals surface area contributed by atoms with Gasteiger partial charge in [-0.1, -0.05) is 19.1 Å². The van der Waals surface area contributed by atoms with Gasteiger partial charge >= 0.3 is 0 Å². The van der Waals surface area contributed by atoms with Crippen molar-refractivity contribution in [1.29, 1.82) is 0 Å². The quantitative estimate of drug-likeness (QED) is 0.746. The standard InChI is InChI=1S/C12H21N3/c1-8(2)10-5-6-12-11(7-10)13-14-15(12)9(3)4/h8-10H,5-7H2,1-4H3. The van der Waals surface area contributed by atoms with E-state index in [4.69, 9.17) is 0 Å². The molecule has 15 heavy (non-hydrogen) atoms. The Kier molecular flexibility index (Phi) is 2.81. The van der Waals surface area contributed by atoms with E-state index in [0.29, 0.717) is 6.04 Å². The first-order valence-electron chi connectivity index (χ1n) is 6.02. The second-order valence-corrected chi connectivity index (χ2v) is 5.27. The molecule has 0 saturated heterocycles. The van der Waals surface area contributed by atoms with Crippen LogP contribution in [0.3, 0.4) is 0 Å². The molecule has 0 amide bonds. The smallest absolute Gasteiger partial charge is 0.0862 e. The molecule has 0 aliphatic heterocycles. The third-order valence-electron chi connectivity index (χ3n) is 3.51. The Morgan fingerprint density at radius 2 is 2.00 bits per heavy atom. The average molecular weight is 207 g/mol. The molecule has 2 rings (SSSR count). The van der Waals surface area contributed by atoms with E-state index in [-0.39, 0.29) is 0 Å². The number of rotatable bonds is 2. The van der Waals surface area contributed by atoms with Crippen LogP contribution >= 0.6 is 0 Å². The highest BCUT2D eigenvalue weighted by Crippen LogP contribution is 2.29. The number of fused-ring (bicyclic) bond motifs is 1. The van der Waals surface area contributed by atoms with Crippen molar-refractivity contribution in [1.82, 2.24) is 15.0 Å². The monoisotopic (exact) mass is 207 g/mol. The first-order chi connectivity index (χ1) is 7.09. The SMILES string of the molecule is CC(C)C1CCc2c(nnn2C(C)C)C1. The number of aromatic nitrogens is 3. The molecule has 1 heterocycles. The van der Waals surface area contributed by atoms with E-state index in [1.807, 2.05) is 0 Å². The van der Waals surface area contributed by atoms with Gasteiger partial charge < -0.3 is 0 Å². The summed E-state index contributed by atoms with van der Waals surface area (Å²) in [7, 11) is 0. The van der Waals surface area contributed by atoms with Crippen LogP contribution in [0.1, 0.15) is 51.5 Å². The summed E-state index contributed by atoms with van der Waals surface area (Å²) >= 11 is 0. The third-order valence-corrected chi connectivity index (χ3v) is 3.51. The van der Waals surface area contributed by atoms with Crippen molar-refractivity contribution in [2.24, 2.45) is 11.8 Å². The van der Waals surface area contributed by atoms with E-state index in [2.05, 4.69) is 42.7 Å². The normalized spacial score (nSPS) is 21.1. The minimum absolute atomic E-state index is 0.442. The first kappa shape index (κ1) is 10.7. The molecular weight excluding hydrogens is 186 g/mol. The van der Waals surface area contributed by atoms with Crippen LogP contribution in [0.4, 0.5) is 0 Å². The second kappa shape index (κ2) is 3.95. The molecule has 3 nitrogen and oxygen atoms in total. The molecule has 1 atom stereocenters. The second-order valence-electron chi connectivity index (χ2n) is 5.27. The van der Waals surface area contributed by atoms with Crippen LogP contribution in [0, 0.1) is 11.8 Å². The molecule has 1 unspecified atom stereocenters. The molecular formula is C12H21N3. The maximum Gasteiger partial charge on any atom is 0.0862 e. The zero-order chi connectivity index (χ0) is 11.0. The van der Waals surface area contributed by atoms with Gasteiger partial charge in [0.25, 0.3) is 0 Å². The lowest BCUT2D eigenvalue weighted by Gasteiger charge is -2.25. The highest BCUT2D eigenvalue weighted by atomic mass is 15.4. The Morgan fingerprint density at radius 3 is 2.60 bits per heavy atom. The summed E-state index contributed by atoms with van der Waals surface area (Å²) in [4.78, 5) is 0. The van der Waals surface area contributed by atoms with E-state index < -0.39 is 0 Å². The Labute approximate surface area is 91.9 Å². The van der Waals surface area contributed by atoms with E-state index in [1.165, 1.54) is 17.8 Å². The van der Waals surface area contributed by atoms with Gasteiger partial charge in [0, 0.05) is 6.04 Å². The molecule has 84 valence electrons. The maximum absolute atomic E-state index is 4.32. The first-order valence-corrected chi connectivity index (χ1v) is 6.02. The van der Waals surface area contributed by atoms with Gasteiger partial charge in [0.05, 0.1) is 11.4 Å². The molecule has 3 heteroatoms. The van der Waals surface area contributed by atoms with Crippen LogP contribution in [-0.4, -0.2) is 15.0 Å². The summed E-state index contributed by atoms with van der Waals surface area (Å²) in [6.07, 6.45) is 3.58. The van der Waals surface area contributed by atoms with Gasteiger partial charge in [-0.3, -0.25) is 0 Å². The topological polar surface area (TPSA) is 30.7 Å². The average Bonchev–Trinajstić information content (AvgIpc) is 2.59. The van der Waals surface area contributed by atoms with Gasteiger partial charge in [0.2, 0.25) is 0 Å². The van der Waals surface area contributed by atoms with E-state index in [0.717, 1.165) is 24.7 Å².